The van der Waals surface area contributed by atoms with Crippen molar-refractivity contribution >= 4 is 39.7 Å². The fourth-order valence-corrected chi connectivity index (χ4v) is 4.35. The van der Waals surface area contributed by atoms with Crippen molar-refractivity contribution in [1.82, 2.24) is 4.98 Å². The number of nitrogens with zero attached hydrogens (tertiary/aromatic N) is 1. The average Bonchev–Trinajstić information content (AvgIpc) is 3.14. The zero-order valence-corrected chi connectivity index (χ0v) is 16.9. The lowest BCUT2D eigenvalue weighted by atomic mass is 9.88. The highest BCUT2D eigenvalue weighted by molar-refractivity contribution is 7.98. The third kappa shape index (κ3) is 5.45. The number of aromatic nitrogens is 1. The Labute approximate surface area is 164 Å². The number of thioether (sulfide) groups is 1. The molecule has 0 bridgehead atoms. The van der Waals surface area contributed by atoms with E-state index in [2.05, 4.69) is 46.9 Å². The first-order chi connectivity index (χ1) is 12.8. The molecule has 3 nitrogen and oxygen atoms in total. The van der Waals surface area contributed by atoms with Crippen molar-refractivity contribution in [3.05, 3.63) is 47.5 Å². The van der Waals surface area contributed by atoms with E-state index in [4.69, 9.17) is 0 Å². The van der Waals surface area contributed by atoms with Gasteiger partial charge in [0.05, 0.1) is 0 Å². The van der Waals surface area contributed by atoms with Crippen LogP contribution in [0.2, 0.25) is 0 Å². The van der Waals surface area contributed by atoms with Crippen LogP contribution in [0.5, 0.6) is 0 Å². The molecule has 1 amide bonds. The highest BCUT2D eigenvalue weighted by Crippen LogP contribution is 2.28. The minimum absolute atomic E-state index is 0.0566. The number of benzene rings is 1. The monoisotopic (exact) mass is 386 g/mol. The van der Waals surface area contributed by atoms with Gasteiger partial charge < -0.3 is 0 Å². The summed E-state index contributed by atoms with van der Waals surface area (Å²) in [6.07, 6.45) is 14.8. The van der Waals surface area contributed by atoms with E-state index in [-0.39, 0.29) is 5.91 Å². The van der Waals surface area contributed by atoms with E-state index in [1.807, 2.05) is 5.38 Å². The summed E-state index contributed by atoms with van der Waals surface area (Å²) in [6, 6.07) is 8.29. The van der Waals surface area contributed by atoms with E-state index in [1.165, 1.54) is 61.2 Å². The molecule has 5 heteroatoms. The summed E-state index contributed by atoms with van der Waals surface area (Å²) in [5.74, 6) is 0.423. The van der Waals surface area contributed by atoms with Gasteiger partial charge in [0.15, 0.2) is 5.13 Å². The van der Waals surface area contributed by atoms with Gasteiger partial charge in [-0.15, -0.1) is 23.1 Å². The molecule has 1 aromatic carbocycles. The summed E-state index contributed by atoms with van der Waals surface area (Å²) >= 11 is 3.16. The molecule has 1 aliphatic carbocycles. The number of carbonyl (C=O) groups is 1. The molecule has 0 spiro atoms. The van der Waals surface area contributed by atoms with Crippen molar-refractivity contribution in [2.75, 3.05) is 11.6 Å². The van der Waals surface area contributed by atoms with Crippen LogP contribution in [0.1, 0.15) is 50.5 Å². The van der Waals surface area contributed by atoms with Crippen LogP contribution in [0.4, 0.5) is 5.13 Å². The second-order valence-corrected chi connectivity index (χ2v) is 8.48. The van der Waals surface area contributed by atoms with Gasteiger partial charge in [-0.25, -0.2) is 4.98 Å². The fourth-order valence-electron chi connectivity index (χ4n) is 3.41. The van der Waals surface area contributed by atoms with Crippen molar-refractivity contribution in [2.24, 2.45) is 5.92 Å². The Morgan fingerprint density at radius 2 is 1.85 bits per heavy atom. The molecule has 3 rings (SSSR count). The predicted octanol–water partition coefficient (Wildman–Crippen LogP) is 6.25. The number of amides is 1. The number of hydrogen-bond donors (Lipinski definition) is 1. The number of anilines is 1. The van der Waals surface area contributed by atoms with E-state index in [1.54, 1.807) is 18.0 Å². The van der Waals surface area contributed by atoms with Gasteiger partial charge in [-0.3, -0.25) is 10.1 Å². The summed E-state index contributed by atoms with van der Waals surface area (Å²) in [5, 5.41) is 5.49. The SMILES string of the molecule is CSc1ccc(/C(=C\C2CCCCCCC2)C(=O)Nc2nccs2)cc1. The average molecular weight is 387 g/mol. The molecular formula is C21H26N2OS2. The largest absolute Gasteiger partial charge is 0.298 e. The van der Waals surface area contributed by atoms with Gasteiger partial charge >= 0.3 is 0 Å². The van der Waals surface area contributed by atoms with Crippen molar-refractivity contribution in [3.63, 3.8) is 0 Å². The highest BCUT2D eigenvalue weighted by Gasteiger charge is 2.17. The van der Waals surface area contributed by atoms with E-state index < -0.39 is 0 Å². The normalized spacial score (nSPS) is 16.7. The maximum Gasteiger partial charge on any atom is 0.257 e. The maximum absolute atomic E-state index is 13.0. The first-order valence-electron chi connectivity index (χ1n) is 9.33. The van der Waals surface area contributed by atoms with E-state index >= 15 is 0 Å². The molecule has 1 heterocycles. The molecule has 2 aromatic rings. The maximum atomic E-state index is 13.0. The molecule has 1 N–H and O–H groups in total. The Kier molecular flexibility index (Phi) is 7.32. The van der Waals surface area contributed by atoms with Crippen molar-refractivity contribution in [3.8, 4) is 0 Å². The number of hydrogen-bond acceptors (Lipinski definition) is 4. The molecule has 26 heavy (non-hydrogen) atoms. The number of carbonyl (C=O) groups excluding carboxylic acids is 1. The first kappa shape index (κ1) is 19.2. The van der Waals surface area contributed by atoms with Crippen LogP contribution in [-0.2, 0) is 4.79 Å². The van der Waals surface area contributed by atoms with Crippen LogP contribution >= 0.6 is 23.1 Å². The lowest BCUT2D eigenvalue weighted by molar-refractivity contribution is -0.111. The van der Waals surface area contributed by atoms with Gasteiger partial charge in [-0.2, -0.15) is 0 Å². The molecule has 1 fully saturated rings. The molecule has 138 valence electrons. The second kappa shape index (κ2) is 9.93. The van der Waals surface area contributed by atoms with Crippen molar-refractivity contribution in [1.29, 1.82) is 0 Å². The fraction of sp³-hybridized carbons (Fsp3) is 0.429. The summed E-state index contributed by atoms with van der Waals surface area (Å²) in [7, 11) is 0. The summed E-state index contributed by atoms with van der Waals surface area (Å²) in [4.78, 5) is 18.4. The van der Waals surface area contributed by atoms with Crippen molar-refractivity contribution < 1.29 is 4.79 Å². The predicted molar refractivity (Wildman–Crippen MR) is 113 cm³/mol. The molecule has 0 saturated heterocycles. The molecule has 1 aromatic heterocycles. The van der Waals surface area contributed by atoms with Gasteiger partial charge in [-0.1, -0.05) is 50.3 Å². The quantitative estimate of drug-likeness (QED) is 0.488. The topological polar surface area (TPSA) is 42.0 Å². The molecule has 1 saturated carbocycles. The van der Waals surface area contributed by atoms with Gasteiger partial charge in [0.2, 0.25) is 0 Å². The minimum Gasteiger partial charge on any atom is -0.298 e. The molecule has 0 radical (unpaired) electrons. The molecule has 0 unspecified atom stereocenters. The molecule has 1 aliphatic rings. The van der Waals surface area contributed by atoms with Gasteiger partial charge in [-0.05, 0) is 42.7 Å². The van der Waals surface area contributed by atoms with Gasteiger partial charge in [0, 0.05) is 22.0 Å². The lowest BCUT2D eigenvalue weighted by Crippen LogP contribution is -2.15. The lowest BCUT2D eigenvalue weighted by Gasteiger charge is -2.18. The molecular weight excluding hydrogens is 360 g/mol. The minimum atomic E-state index is -0.0566. The van der Waals surface area contributed by atoms with Gasteiger partial charge in [0.25, 0.3) is 5.91 Å². The van der Waals surface area contributed by atoms with E-state index in [0.717, 1.165) is 11.1 Å². The number of rotatable bonds is 5. The van der Waals surface area contributed by atoms with Crippen LogP contribution < -0.4 is 5.32 Å². The summed E-state index contributed by atoms with van der Waals surface area (Å²) < 4.78 is 0. The highest BCUT2D eigenvalue weighted by atomic mass is 32.2. The third-order valence-corrected chi connectivity index (χ3v) is 6.28. The van der Waals surface area contributed by atoms with Crippen LogP contribution in [0.25, 0.3) is 5.57 Å². The Morgan fingerprint density at radius 1 is 1.15 bits per heavy atom. The Balaban J connectivity index is 1.85. The zero-order chi connectivity index (χ0) is 18.2. The van der Waals surface area contributed by atoms with Crippen LogP contribution in [-0.4, -0.2) is 17.1 Å². The van der Waals surface area contributed by atoms with Crippen LogP contribution in [0.15, 0.2) is 46.8 Å². The van der Waals surface area contributed by atoms with Crippen LogP contribution in [0, 0.1) is 5.92 Å². The molecule has 0 aliphatic heterocycles. The Bertz CT molecular complexity index is 715. The summed E-state index contributed by atoms with van der Waals surface area (Å²) in [6.45, 7) is 0. The van der Waals surface area contributed by atoms with Crippen LogP contribution in [0.3, 0.4) is 0 Å². The Morgan fingerprint density at radius 3 is 2.46 bits per heavy atom. The number of nitrogens with one attached hydrogen (secondary N) is 1. The van der Waals surface area contributed by atoms with E-state index in [9.17, 15) is 4.79 Å². The van der Waals surface area contributed by atoms with E-state index in [0.29, 0.717) is 11.0 Å². The first-order valence-corrected chi connectivity index (χ1v) is 11.4. The van der Waals surface area contributed by atoms with Crippen molar-refractivity contribution in [2.45, 2.75) is 49.8 Å². The number of allylic oxidation sites excluding steroid dienone is 1. The standard InChI is InChI=1S/C21H26N2OS2/c1-25-18-11-9-17(10-12-18)19(20(24)23-21-22-13-14-26-21)15-16-7-5-3-2-4-6-8-16/h9-16H,2-8H2,1H3,(H,22,23,24)/b19-15+. The Hall–Kier alpha value is -1.59. The van der Waals surface area contributed by atoms with Gasteiger partial charge in [0.1, 0.15) is 0 Å². The number of thiazole rings is 1. The zero-order valence-electron chi connectivity index (χ0n) is 15.2. The summed E-state index contributed by atoms with van der Waals surface area (Å²) in [5.41, 5.74) is 1.76. The third-order valence-electron chi connectivity index (χ3n) is 4.85. The molecule has 0 atom stereocenters. The second-order valence-electron chi connectivity index (χ2n) is 6.71. The smallest absolute Gasteiger partial charge is 0.257 e.